The number of amides is 4. The molecule has 1 heterocycles. The Balaban J connectivity index is -0.000000741. The summed E-state index contributed by atoms with van der Waals surface area (Å²) >= 11 is 0. The summed E-state index contributed by atoms with van der Waals surface area (Å²) in [5.41, 5.74) is 6.30. The molecule has 68 heavy (non-hydrogen) atoms. The molecule has 378 valence electrons. The summed E-state index contributed by atoms with van der Waals surface area (Å²) < 4.78 is 4.94. The Morgan fingerprint density at radius 3 is 1.84 bits per heavy atom. The summed E-state index contributed by atoms with van der Waals surface area (Å²) in [7, 11) is 4.66. The van der Waals surface area contributed by atoms with E-state index in [0.29, 0.717) is 51.2 Å². The smallest absolute Gasteiger partial charge is 0.405 e. The number of hydrogen-bond donors (Lipinski definition) is 6. The van der Waals surface area contributed by atoms with Crippen molar-refractivity contribution < 1.29 is 38.9 Å². The average molecular weight is 947 g/mol. The number of aliphatic hydroxyl groups is 1. The minimum atomic E-state index is -1.17. The molecule has 0 atom stereocenters. The normalized spacial score (nSPS) is 9.69. The molecule has 0 spiro atoms. The third kappa shape index (κ3) is 35.5. The van der Waals surface area contributed by atoms with Gasteiger partial charge in [0, 0.05) is 49.8 Å². The van der Waals surface area contributed by atoms with Crippen LogP contribution in [0.3, 0.4) is 0 Å². The second-order valence-corrected chi connectivity index (χ2v) is 15.1. The number of ether oxygens (including phenoxy) is 1. The molecule has 4 amide bonds. The van der Waals surface area contributed by atoms with E-state index in [2.05, 4.69) is 79.6 Å². The number of terminal acetylenes is 1. The second kappa shape index (κ2) is 44.1. The summed E-state index contributed by atoms with van der Waals surface area (Å²) in [5, 5.41) is 22.4. The van der Waals surface area contributed by atoms with Gasteiger partial charge in [-0.05, 0) is 83.5 Å². The summed E-state index contributed by atoms with van der Waals surface area (Å²) in [4.78, 5) is 66.2. The van der Waals surface area contributed by atoms with Gasteiger partial charge in [-0.15, -0.1) is 12.8 Å². The van der Waals surface area contributed by atoms with Gasteiger partial charge in [0.25, 0.3) is 0 Å². The summed E-state index contributed by atoms with van der Waals surface area (Å²) in [6, 6.07) is 16.0. The van der Waals surface area contributed by atoms with Gasteiger partial charge in [-0.2, -0.15) is 0 Å². The molecule has 16 heteroatoms. The number of allylic oxidation sites excluding steroid dienone is 1. The standard InChI is InChI=1S/C35H43N7O3.C5H12O.C3H5NO3.2C3H8.C2H2.CH4O/c1-6-19-42(35(45)21-36-24-43)22-27(4)38-32(7-2)30-15-11-28(12-16-30)9-10-29-13-17-31(18-14-29)33-20-37-34(39-33)23-40(5)25-41(8-3)26-44;1-5(2,3)6-4;5-2-1-4-3(6)7;2*1-3-2;2*1-2/h7,11-18,20,24,26,38H,4,6,8,19,21-23,25H2,1-3,5H3,(H,36,43)(H,37,39);1-4H3;2,4H,1H2,(H,6,7);2*3H2,1-2H3;1-2H;2H,1H3/b32-7-;;;;;;. The highest BCUT2D eigenvalue weighted by Crippen LogP contribution is 2.19. The molecule has 0 aliphatic rings. The molecule has 0 radical (unpaired) electrons. The van der Waals surface area contributed by atoms with Crippen LogP contribution in [-0.4, -0.2) is 132 Å². The molecule has 16 nitrogen and oxygen atoms in total. The summed E-state index contributed by atoms with van der Waals surface area (Å²) in [5.74, 6) is 7.14. The Bertz CT molecular complexity index is 1910. The molecule has 1 aromatic heterocycles. The van der Waals surface area contributed by atoms with Crippen molar-refractivity contribution in [3.63, 3.8) is 0 Å². The SMILES string of the molecule is C#C.C=C(CN(CCC)C(=O)CNC=O)N/C(=C\C)c1ccc(C#Cc2ccc(-c3cnc(CN(C)CN(C=O)CC)[nH]3)cc2)cc1.CCC.CCC.CO.COC(C)(C)C.O=CCNC(=O)O. The van der Waals surface area contributed by atoms with Gasteiger partial charge in [0.1, 0.15) is 12.1 Å². The quantitative estimate of drug-likeness (QED) is 0.0397. The number of methoxy groups -OCH3 is 1. The first kappa shape index (κ1) is 67.9. The molecular formula is C52H82N8O8. The first-order chi connectivity index (χ1) is 32.4. The largest absolute Gasteiger partial charge is 0.465 e. The topological polar surface area (TPSA) is 210 Å². The number of hydrogen-bond acceptors (Lipinski definition) is 10. The van der Waals surface area contributed by atoms with Crippen molar-refractivity contribution in [2.24, 2.45) is 0 Å². The van der Waals surface area contributed by atoms with Gasteiger partial charge in [-0.1, -0.05) is 96.2 Å². The fourth-order valence-corrected chi connectivity index (χ4v) is 4.73. The van der Waals surface area contributed by atoms with Gasteiger partial charge in [0.2, 0.25) is 18.7 Å². The van der Waals surface area contributed by atoms with E-state index in [-0.39, 0.29) is 24.6 Å². The van der Waals surface area contributed by atoms with Crippen LogP contribution in [0, 0.1) is 24.7 Å². The van der Waals surface area contributed by atoms with E-state index in [1.165, 1.54) is 12.8 Å². The Kier molecular flexibility index (Phi) is 44.0. The summed E-state index contributed by atoms with van der Waals surface area (Å²) in [6.45, 7) is 27.1. The van der Waals surface area contributed by atoms with Crippen molar-refractivity contribution in [1.82, 2.24) is 40.6 Å². The van der Waals surface area contributed by atoms with Crippen molar-refractivity contribution in [2.45, 2.75) is 101 Å². The number of benzene rings is 2. The van der Waals surface area contributed by atoms with E-state index in [4.69, 9.17) is 14.9 Å². The zero-order valence-electron chi connectivity index (χ0n) is 43.1. The second-order valence-electron chi connectivity index (χ2n) is 15.1. The lowest BCUT2D eigenvalue weighted by atomic mass is 10.1. The third-order valence-corrected chi connectivity index (χ3v) is 7.88. The van der Waals surface area contributed by atoms with Gasteiger partial charge in [-0.3, -0.25) is 19.3 Å². The average Bonchev–Trinajstić information content (AvgIpc) is 3.80. The number of carbonyl (C=O) groups excluding carboxylic acids is 4. The molecule has 6 N–H and O–H groups in total. The maximum atomic E-state index is 12.4. The molecule has 0 unspecified atom stereocenters. The van der Waals surface area contributed by atoms with Gasteiger partial charge in [0.05, 0.1) is 50.3 Å². The summed E-state index contributed by atoms with van der Waals surface area (Å²) in [6.07, 6.45) is 15.8. The molecule has 3 aromatic rings. The van der Waals surface area contributed by atoms with E-state index in [0.717, 1.165) is 59.4 Å². The van der Waals surface area contributed by atoms with Crippen molar-refractivity contribution in [1.29, 1.82) is 0 Å². The van der Waals surface area contributed by atoms with Crippen LogP contribution in [0.2, 0.25) is 0 Å². The third-order valence-electron chi connectivity index (χ3n) is 7.88. The van der Waals surface area contributed by atoms with E-state index in [1.807, 2.05) is 120 Å². The molecule has 0 aliphatic heterocycles. The zero-order valence-corrected chi connectivity index (χ0v) is 43.1. The van der Waals surface area contributed by atoms with Gasteiger partial charge in [-0.25, -0.2) is 9.78 Å². The number of aromatic amines is 1. The van der Waals surface area contributed by atoms with Crippen LogP contribution >= 0.6 is 0 Å². The number of imidazole rings is 1. The fraction of sp³-hybridized carbons (Fsp3) is 0.462. The minimum absolute atomic E-state index is 0.0354. The Hall–Kier alpha value is -6.72. The van der Waals surface area contributed by atoms with Crippen molar-refractivity contribution in [3.8, 4) is 35.9 Å². The first-order valence-corrected chi connectivity index (χ1v) is 22.4. The van der Waals surface area contributed by atoms with Crippen molar-refractivity contribution in [3.05, 3.63) is 95.6 Å². The monoisotopic (exact) mass is 947 g/mol. The molecule has 0 aliphatic carbocycles. The number of rotatable bonds is 19. The molecule has 0 saturated heterocycles. The molecule has 0 bridgehead atoms. The maximum Gasteiger partial charge on any atom is 0.405 e. The number of carboxylic acid groups (broad SMARTS) is 1. The van der Waals surface area contributed by atoms with Crippen LogP contribution in [0.25, 0.3) is 17.0 Å². The number of aliphatic hydroxyl groups excluding tert-OH is 1. The van der Waals surface area contributed by atoms with Gasteiger partial charge < -0.3 is 50.5 Å². The van der Waals surface area contributed by atoms with Crippen LogP contribution in [-0.2, 0) is 30.5 Å². The molecular weight excluding hydrogens is 865 g/mol. The highest BCUT2D eigenvalue weighted by molar-refractivity contribution is 5.80. The number of nitrogens with one attached hydrogen (secondary N) is 4. The first-order valence-electron chi connectivity index (χ1n) is 22.4. The lowest BCUT2D eigenvalue weighted by molar-refractivity contribution is -0.131. The maximum absolute atomic E-state index is 12.4. The molecule has 0 saturated carbocycles. The molecule has 0 fully saturated rings. The van der Waals surface area contributed by atoms with Crippen molar-refractivity contribution >= 4 is 36.8 Å². The lowest BCUT2D eigenvalue weighted by Gasteiger charge is -2.24. The van der Waals surface area contributed by atoms with Crippen LogP contribution < -0.4 is 16.0 Å². The minimum Gasteiger partial charge on any atom is -0.465 e. The van der Waals surface area contributed by atoms with E-state index < -0.39 is 6.09 Å². The molecule has 3 rings (SSSR count). The number of aldehydes is 1. The number of nitrogens with zero attached hydrogens (tertiary/aromatic N) is 4. The van der Waals surface area contributed by atoms with Crippen LogP contribution in [0.5, 0.6) is 0 Å². The lowest BCUT2D eigenvalue weighted by Crippen LogP contribution is -2.40. The highest BCUT2D eigenvalue weighted by atomic mass is 16.5. The Morgan fingerprint density at radius 1 is 0.926 bits per heavy atom. The Labute approximate surface area is 408 Å². The zero-order chi connectivity index (χ0) is 52.9. The fourth-order valence-electron chi connectivity index (χ4n) is 4.73. The Morgan fingerprint density at radius 2 is 1.44 bits per heavy atom. The number of H-pyrrole nitrogens is 1. The van der Waals surface area contributed by atoms with Crippen molar-refractivity contribution in [2.75, 3.05) is 60.7 Å². The van der Waals surface area contributed by atoms with Crippen LogP contribution in [0.1, 0.15) is 111 Å². The predicted octanol–water partition coefficient (Wildman–Crippen LogP) is 7.37. The van der Waals surface area contributed by atoms with E-state index >= 15 is 0 Å². The number of aromatic nitrogens is 2. The predicted molar refractivity (Wildman–Crippen MR) is 277 cm³/mol. The van der Waals surface area contributed by atoms with E-state index in [1.54, 1.807) is 16.9 Å². The van der Waals surface area contributed by atoms with E-state index in [9.17, 15) is 24.0 Å². The highest BCUT2D eigenvalue weighted by Gasteiger charge is 2.14. The number of carbonyl (C=O) groups is 5. The molecule has 2 aromatic carbocycles. The van der Waals surface area contributed by atoms with Crippen LogP contribution in [0.15, 0.2) is 73.1 Å². The van der Waals surface area contributed by atoms with Gasteiger partial charge >= 0.3 is 6.09 Å². The van der Waals surface area contributed by atoms with Crippen LogP contribution in [0.4, 0.5) is 4.79 Å². The van der Waals surface area contributed by atoms with Gasteiger partial charge in [0.15, 0.2) is 0 Å².